The second-order valence-electron chi connectivity index (χ2n) is 7.50. The molecule has 1 unspecified atom stereocenters. The van der Waals surface area contributed by atoms with E-state index in [1.165, 1.54) is 0 Å². The highest BCUT2D eigenvalue weighted by Crippen LogP contribution is 2.32. The quantitative estimate of drug-likeness (QED) is 0.437. The molecule has 1 aliphatic carbocycles. The van der Waals surface area contributed by atoms with Gasteiger partial charge in [0.2, 0.25) is 5.91 Å². The summed E-state index contributed by atoms with van der Waals surface area (Å²) in [4.78, 5) is 53.1. The fourth-order valence-electron chi connectivity index (χ4n) is 3.43. The molecule has 2 aliphatic rings. The van der Waals surface area contributed by atoms with Crippen LogP contribution in [0.3, 0.4) is 0 Å². The van der Waals surface area contributed by atoms with E-state index in [2.05, 4.69) is 11.4 Å². The Labute approximate surface area is 170 Å². The Hall–Kier alpha value is -2.94. The number of nitrogens with one attached hydrogen (secondary N) is 1. The fourth-order valence-corrected chi connectivity index (χ4v) is 3.43. The lowest BCUT2D eigenvalue weighted by molar-refractivity contribution is -0.171. The number of hydrogen-bond donors (Lipinski definition) is 2. The van der Waals surface area contributed by atoms with Crippen molar-refractivity contribution in [1.82, 2.24) is 15.3 Å². The van der Waals surface area contributed by atoms with Gasteiger partial charge in [-0.1, -0.05) is 30.7 Å². The molecule has 2 rings (SSSR count). The zero-order chi connectivity index (χ0) is 21.4. The number of carbonyl (C=O) groups is 4. The summed E-state index contributed by atoms with van der Waals surface area (Å²) >= 11 is 0. The lowest BCUT2D eigenvalue weighted by atomic mass is 9.80. The molecule has 1 atom stereocenters. The van der Waals surface area contributed by atoms with Crippen LogP contribution in [-0.2, 0) is 19.2 Å². The normalized spacial score (nSPS) is 21.3. The first-order valence-electron chi connectivity index (χ1n) is 9.57. The van der Waals surface area contributed by atoms with E-state index in [9.17, 15) is 19.2 Å². The number of nitrogens with two attached hydrogens (primary N) is 1. The van der Waals surface area contributed by atoms with Gasteiger partial charge in [-0.15, -0.1) is 5.06 Å². The number of hydroxylamine groups is 2. The third kappa shape index (κ3) is 6.56. The molecule has 1 saturated heterocycles. The number of hydrogen-bond acceptors (Lipinski definition) is 6. The lowest BCUT2D eigenvalue weighted by Gasteiger charge is -2.31. The second kappa shape index (κ2) is 10.0. The smallest absolute Gasteiger partial charge is 0.366 e. The van der Waals surface area contributed by atoms with Gasteiger partial charge in [-0.2, -0.15) is 0 Å². The molecule has 9 nitrogen and oxygen atoms in total. The summed E-state index contributed by atoms with van der Waals surface area (Å²) in [6, 6.07) is 0. The Kier molecular flexibility index (Phi) is 7.72. The van der Waals surface area contributed by atoms with Crippen molar-refractivity contribution < 1.29 is 24.0 Å². The highest BCUT2D eigenvalue weighted by Gasteiger charge is 2.33. The number of imide groups is 1. The minimum absolute atomic E-state index is 0.0588. The van der Waals surface area contributed by atoms with Gasteiger partial charge in [-0.05, 0) is 33.0 Å². The molecule has 0 spiro atoms. The molecular weight excluding hydrogens is 376 g/mol. The first kappa shape index (κ1) is 22.4. The summed E-state index contributed by atoms with van der Waals surface area (Å²) < 4.78 is 0. The molecule has 158 valence electrons. The maximum Gasteiger partial charge on any atom is 0.432 e. The van der Waals surface area contributed by atoms with E-state index in [1.54, 1.807) is 12.2 Å². The summed E-state index contributed by atoms with van der Waals surface area (Å²) in [6.45, 7) is 1.04. The number of amides is 4. The second-order valence-corrected chi connectivity index (χ2v) is 7.50. The van der Waals surface area contributed by atoms with Crippen molar-refractivity contribution in [2.75, 3.05) is 27.2 Å². The van der Waals surface area contributed by atoms with Gasteiger partial charge in [0.25, 0.3) is 11.8 Å². The molecule has 1 fully saturated rings. The molecule has 0 aromatic rings. The van der Waals surface area contributed by atoms with E-state index in [-0.39, 0.29) is 18.3 Å². The lowest BCUT2D eigenvalue weighted by Crippen LogP contribution is -2.37. The molecule has 29 heavy (non-hydrogen) atoms. The Morgan fingerprint density at radius 3 is 2.52 bits per heavy atom. The van der Waals surface area contributed by atoms with E-state index >= 15 is 0 Å². The third-order valence-corrected chi connectivity index (χ3v) is 4.67. The molecule has 4 amide bonds. The van der Waals surface area contributed by atoms with Gasteiger partial charge in [-0.3, -0.25) is 14.4 Å². The first-order valence-corrected chi connectivity index (χ1v) is 9.57. The van der Waals surface area contributed by atoms with Crippen molar-refractivity contribution in [3.63, 3.8) is 0 Å². The number of primary amides is 1. The van der Waals surface area contributed by atoms with Crippen LogP contribution in [0, 0.1) is 5.41 Å². The van der Waals surface area contributed by atoms with Gasteiger partial charge in [0, 0.05) is 36.9 Å². The average Bonchev–Trinajstić information content (AvgIpc) is 2.83. The minimum atomic E-state index is -0.828. The molecule has 3 N–H and O–H groups in total. The third-order valence-electron chi connectivity index (χ3n) is 4.67. The van der Waals surface area contributed by atoms with Crippen molar-refractivity contribution in [3.05, 3.63) is 36.0 Å². The van der Waals surface area contributed by atoms with Crippen LogP contribution in [0.5, 0.6) is 0 Å². The summed E-state index contributed by atoms with van der Waals surface area (Å²) in [5.74, 6) is -1.49. The van der Waals surface area contributed by atoms with Crippen LogP contribution >= 0.6 is 0 Å². The van der Waals surface area contributed by atoms with Gasteiger partial charge < -0.3 is 20.8 Å². The van der Waals surface area contributed by atoms with Crippen LogP contribution in [0.25, 0.3) is 0 Å². The van der Waals surface area contributed by atoms with Gasteiger partial charge in [0.1, 0.15) is 0 Å². The molecule has 0 radical (unpaired) electrons. The van der Waals surface area contributed by atoms with Crippen molar-refractivity contribution in [3.8, 4) is 0 Å². The SMILES string of the molecule is CN(C)CC1(CCCCNC(=O)ON2C(=O)CCC2=O)C=CC=CC(C(N)=O)=C1. The topological polar surface area (TPSA) is 122 Å². The maximum absolute atomic E-state index is 11.8. The molecule has 1 heterocycles. The summed E-state index contributed by atoms with van der Waals surface area (Å²) in [5, 5.41) is 3.06. The molecule has 9 heteroatoms. The Bertz CT molecular complexity index is 740. The van der Waals surface area contributed by atoms with Crippen LogP contribution in [-0.4, -0.2) is 61.0 Å². The Morgan fingerprint density at radius 1 is 1.21 bits per heavy atom. The monoisotopic (exact) mass is 404 g/mol. The highest BCUT2D eigenvalue weighted by atomic mass is 16.7. The van der Waals surface area contributed by atoms with E-state index in [0.717, 1.165) is 12.8 Å². The van der Waals surface area contributed by atoms with Gasteiger partial charge in [0.05, 0.1) is 0 Å². The van der Waals surface area contributed by atoms with Crippen molar-refractivity contribution >= 4 is 23.8 Å². The number of carbonyl (C=O) groups excluding carboxylic acids is 4. The van der Waals surface area contributed by atoms with Gasteiger partial charge >= 0.3 is 6.09 Å². The fraction of sp³-hybridized carbons (Fsp3) is 0.500. The van der Waals surface area contributed by atoms with Crippen molar-refractivity contribution in [2.45, 2.75) is 32.1 Å². The van der Waals surface area contributed by atoms with Crippen LogP contribution in [0.15, 0.2) is 36.0 Å². The summed E-state index contributed by atoms with van der Waals surface area (Å²) in [6.07, 6.45) is 10.8. The maximum atomic E-state index is 11.8. The molecule has 0 saturated carbocycles. The number of rotatable bonds is 9. The highest BCUT2D eigenvalue weighted by molar-refractivity contribution is 6.01. The van der Waals surface area contributed by atoms with E-state index in [1.807, 2.05) is 31.1 Å². The van der Waals surface area contributed by atoms with Crippen molar-refractivity contribution in [2.24, 2.45) is 11.1 Å². The van der Waals surface area contributed by atoms with Crippen LogP contribution in [0.2, 0.25) is 0 Å². The molecule has 0 aromatic carbocycles. The van der Waals surface area contributed by atoms with E-state index < -0.39 is 23.8 Å². The van der Waals surface area contributed by atoms with Gasteiger partial charge in [0.15, 0.2) is 0 Å². The van der Waals surface area contributed by atoms with Crippen LogP contribution < -0.4 is 11.1 Å². The zero-order valence-corrected chi connectivity index (χ0v) is 16.8. The minimum Gasteiger partial charge on any atom is -0.366 e. The van der Waals surface area contributed by atoms with Crippen molar-refractivity contribution in [1.29, 1.82) is 0 Å². The molecule has 0 aromatic heterocycles. The summed E-state index contributed by atoms with van der Waals surface area (Å²) in [5.41, 5.74) is 5.59. The van der Waals surface area contributed by atoms with Crippen LogP contribution in [0.4, 0.5) is 4.79 Å². The summed E-state index contributed by atoms with van der Waals surface area (Å²) in [7, 11) is 3.92. The number of nitrogens with zero attached hydrogens (tertiary/aromatic N) is 2. The predicted molar refractivity (Wildman–Crippen MR) is 106 cm³/mol. The first-order chi connectivity index (χ1) is 13.7. The largest absolute Gasteiger partial charge is 0.432 e. The molecule has 0 bridgehead atoms. The number of allylic oxidation sites excluding steroid dienone is 2. The zero-order valence-electron chi connectivity index (χ0n) is 16.8. The standard InChI is InChI=1S/C20H28N4O5/c1-23(2)14-20(10-4-3-7-15(13-20)18(21)27)11-5-6-12-22-19(28)29-24-16(25)8-9-17(24)26/h3-4,7,10,13H,5-6,8-9,11-12,14H2,1-2H3,(H2,21,27)(H,22,28). The Morgan fingerprint density at radius 2 is 1.90 bits per heavy atom. The predicted octanol–water partition coefficient (Wildman–Crippen LogP) is 1.03. The molecular formula is C20H28N4O5. The number of unbranched alkanes of at least 4 members (excludes halogenated alkanes) is 1. The van der Waals surface area contributed by atoms with E-state index in [4.69, 9.17) is 10.6 Å². The average molecular weight is 404 g/mol. The Balaban J connectivity index is 1.85. The van der Waals surface area contributed by atoms with Gasteiger partial charge in [-0.25, -0.2) is 4.79 Å². The molecule has 1 aliphatic heterocycles. The van der Waals surface area contributed by atoms with Crippen LogP contribution in [0.1, 0.15) is 32.1 Å². The van der Waals surface area contributed by atoms with E-state index in [0.29, 0.717) is 30.1 Å².